The molecule has 0 aliphatic heterocycles. The van der Waals surface area contributed by atoms with Crippen LogP contribution in [0, 0.1) is 6.92 Å². The van der Waals surface area contributed by atoms with E-state index in [1.807, 2.05) is 25.1 Å². The highest BCUT2D eigenvalue weighted by molar-refractivity contribution is 7.99. The van der Waals surface area contributed by atoms with Gasteiger partial charge in [0.1, 0.15) is 5.75 Å². The van der Waals surface area contributed by atoms with Gasteiger partial charge in [0.25, 0.3) is 0 Å². The van der Waals surface area contributed by atoms with Crippen LogP contribution in [-0.2, 0) is 9.47 Å². The van der Waals surface area contributed by atoms with Crippen LogP contribution in [0.5, 0.6) is 5.75 Å². The fourth-order valence-electron chi connectivity index (χ4n) is 1.41. The summed E-state index contributed by atoms with van der Waals surface area (Å²) in [7, 11) is 4.73. The maximum atomic E-state index is 11.2. The number of hydrogen-bond acceptors (Lipinski definition) is 5. The van der Waals surface area contributed by atoms with Crippen molar-refractivity contribution in [3.8, 4) is 5.75 Å². The molecule has 1 amide bonds. The highest BCUT2D eigenvalue weighted by atomic mass is 32.2. The summed E-state index contributed by atoms with van der Waals surface area (Å²) >= 11 is 1.58. The summed E-state index contributed by atoms with van der Waals surface area (Å²) in [6, 6.07) is 5.64. The van der Waals surface area contributed by atoms with Crippen molar-refractivity contribution in [1.29, 1.82) is 0 Å². The molecule has 106 valence electrons. The second-order valence-electron chi connectivity index (χ2n) is 3.83. The number of aryl methyl sites for hydroxylation is 1. The summed E-state index contributed by atoms with van der Waals surface area (Å²) in [6.45, 7) is 1.95. The van der Waals surface area contributed by atoms with Gasteiger partial charge in [-0.15, -0.1) is 11.8 Å². The standard InChI is InChI=1S/C13H19NO4S/c1-9-5-10(18-13(15)14-2)7-11(6-9)19-8-12(16-3)17-4/h5-7,12H,8H2,1-4H3,(H,14,15). The second-order valence-corrected chi connectivity index (χ2v) is 4.93. The number of carbonyl (C=O) groups excluding carboxylic acids is 1. The topological polar surface area (TPSA) is 56.8 Å². The highest BCUT2D eigenvalue weighted by Crippen LogP contribution is 2.26. The van der Waals surface area contributed by atoms with Gasteiger partial charge in [0.05, 0.1) is 0 Å². The minimum Gasteiger partial charge on any atom is -0.410 e. The third-order valence-corrected chi connectivity index (χ3v) is 3.36. The van der Waals surface area contributed by atoms with E-state index in [-0.39, 0.29) is 6.29 Å². The van der Waals surface area contributed by atoms with Crippen molar-refractivity contribution in [1.82, 2.24) is 5.32 Å². The molecule has 5 nitrogen and oxygen atoms in total. The molecule has 0 aliphatic rings. The lowest BCUT2D eigenvalue weighted by molar-refractivity contribution is -0.0842. The van der Waals surface area contributed by atoms with Crippen molar-refractivity contribution in [2.45, 2.75) is 18.1 Å². The molecule has 0 spiro atoms. The predicted octanol–water partition coefficient (Wildman–Crippen LogP) is 2.42. The van der Waals surface area contributed by atoms with E-state index in [0.717, 1.165) is 10.5 Å². The predicted molar refractivity (Wildman–Crippen MR) is 74.8 cm³/mol. The summed E-state index contributed by atoms with van der Waals surface area (Å²) < 4.78 is 15.4. The molecule has 1 N–H and O–H groups in total. The van der Waals surface area contributed by atoms with Crippen molar-refractivity contribution in [2.75, 3.05) is 27.0 Å². The summed E-state index contributed by atoms with van der Waals surface area (Å²) in [6.07, 6.45) is -0.734. The smallest absolute Gasteiger partial charge is 0.410 e. The zero-order chi connectivity index (χ0) is 14.3. The molecule has 0 bridgehead atoms. The van der Waals surface area contributed by atoms with E-state index in [1.54, 1.807) is 26.0 Å². The Morgan fingerprint density at radius 2 is 2.00 bits per heavy atom. The molecular formula is C13H19NO4S. The summed E-state index contributed by atoms with van der Waals surface area (Å²) in [4.78, 5) is 12.2. The van der Waals surface area contributed by atoms with Crippen molar-refractivity contribution in [3.63, 3.8) is 0 Å². The Kier molecular flexibility index (Phi) is 6.69. The van der Waals surface area contributed by atoms with Crippen molar-refractivity contribution < 1.29 is 19.0 Å². The quantitative estimate of drug-likeness (QED) is 0.642. The molecule has 0 saturated heterocycles. The van der Waals surface area contributed by atoms with E-state index in [2.05, 4.69) is 5.32 Å². The number of hydrogen-bond donors (Lipinski definition) is 1. The Hall–Kier alpha value is -1.24. The zero-order valence-electron chi connectivity index (χ0n) is 11.6. The van der Waals surface area contributed by atoms with Crippen LogP contribution in [0.3, 0.4) is 0 Å². The number of ether oxygens (including phenoxy) is 3. The zero-order valence-corrected chi connectivity index (χ0v) is 12.4. The maximum absolute atomic E-state index is 11.2. The van der Waals surface area contributed by atoms with Crippen LogP contribution < -0.4 is 10.1 Å². The van der Waals surface area contributed by atoms with E-state index >= 15 is 0 Å². The Balaban J connectivity index is 2.70. The molecule has 6 heteroatoms. The van der Waals surface area contributed by atoms with Crippen LogP contribution in [0.4, 0.5) is 4.79 Å². The highest BCUT2D eigenvalue weighted by Gasteiger charge is 2.08. The van der Waals surface area contributed by atoms with Crippen LogP contribution in [0.1, 0.15) is 5.56 Å². The summed E-state index contributed by atoms with van der Waals surface area (Å²) in [5.41, 5.74) is 1.02. The van der Waals surface area contributed by atoms with Crippen molar-refractivity contribution in [3.05, 3.63) is 23.8 Å². The Morgan fingerprint density at radius 1 is 1.32 bits per heavy atom. The van der Waals surface area contributed by atoms with Gasteiger partial charge in [-0.25, -0.2) is 4.79 Å². The first-order valence-corrected chi connectivity index (χ1v) is 6.77. The minimum atomic E-state index is -0.479. The van der Waals surface area contributed by atoms with Gasteiger partial charge in [-0.2, -0.15) is 0 Å². The number of nitrogens with one attached hydrogen (secondary N) is 1. The lowest BCUT2D eigenvalue weighted by atomic mass is 10.2. The molecule has 0 atom stereocenters. The molecule has 0 aliphatic carbocycles. The van der Waals surface area contributed by atoms with Crippen molar-refractivity contribution in [2.24, 2.45) is 0 Å². The fraction of sp³-hybridized carbons (Fsp3) is 0.462. The molecule has 0 radical (unpaired) electrons. The fourth-order valence-corrected chi connectivity index (χ4v) is 2.48. The minimum absolute atomic E-state index is 0.256. The number of amides is 1. The Labute approximate surface area is 117 Å². The van der Waals surface area contributed by atoms with Crippen LogP contribution in [0.15, 0.2) is 23.1 Å². The van der Waals surface area contributed by atoms with Gasteiger partial charge in [-0.1, -0.05) is 0 Å². The number of thioether (sulfide) groups is 1. The van der Waals surface area contributed by atoms with Gasteiger partial charge in [0.15, 0.2) is 6.29 Å². The van der Waals surface area contributed by atoms with Gasteiger partial charge >= 0.3 is 6.09 Å². The normalized spacial score (nSPS) is 10.6. The lowest BCUT2D eigenvalue weighted by Gasteiger charge is -2.13. The maximum Gasteiger partial charge on any atom is 0.412 e. The first kappa shape index (κ1) is 15.8. The summed E-state index contributed by atoms with van der Waals surface area (Å²) in [5, 5.41) is 2.41. The van der Waals surface area contributed by atoms with E-state index in [1.165, 1.54) is 7.05 Å². The average molecular weight is 285 g/mol. The first-order valence-electron chi connectivity index (χ1n) is 5.78. The summed E-state index contributed by atoms with van der Waals surface area (Å²) in [5.74, 6) is 1.18. The number of rotatable bonds is 6. The molecule has 0 unspecified atom stereocenters. The Bertz CT molecular complexity index is 421. The molecule has 0 fully saturated rings. The van der Waals surface area contributed by atoms with Crippen LogP contribution in [-0.4, -0.2) is 39.4 Å². The van der Waals surface area contributed by atoms with Gasteiger partial charge in [0, 0.05) is 31.9 Å². The van der Waals surface area contributed by atoms with Crippen LogP contribution in [0.2, 0.25) is 0 Å². The number of methoxy groups -OCH3 is 2. The monoisotopic (exact) mass is 285 g/mol. The van der Waals surface area contributed by atoms with Crippen LogP contribution in [0.25, 0.3) is 0 Å². The molecule has 19 heavy (non-hydrogen) atoms. The van der Waals surface area contributed by atoms with Gasteiger partial charge in [-0.05, 0) is 30.7 Å². The van der Waals surface area contributed by atoms with E-state index < -0.39 is 6.09 Å². The third kappa shape index (κ3) is 5.50. The van der Waals surface area contributed by atoms with E-state index in [9.17, 15) is 4.79 Å². The number of benzene rings is 1. The van der Waals surface area contributed by atoms with E-state index in [0.29, 0.717) is 11.5 Å². The molecule has 1 rings (SSSR count). The lowest BCUT2D eigenvalue weighted by Crippen LogP contribution is -2.22. The molecular weight excluding hydrogens is 266 g/mol. The molecule has 1 aromatic rings. The number of carbonyl (C=O) groups is 1. The third-order valence-electron chi connectivity index (χ3n) is 2.35. The largest absolute Gasteiger partial charge is 0.412 e. The van der Waals surface area contributed by atoms with Gasteiger partial charge < -0.3 is 19.5 Å². The van der Waals surface area contributed by atoms with Gasteiger partial charge in [0.2, 0.25) is 0 Å². The van der Waals surface area contributed by atoms with Crippen molar-refractivity contribution >= 4 is 17.9 Å². The first-order chi connectivity index (χ1) is 9.08. The van der Waals surface area contributed by atoms with Gasteiger partial charge in [-0.3, -0.25) is 0 Å². The molecule has 0 saturated carbocycles. The second kappa shape index (κ2) is 8.04. The van der Waals surface area contributed by atoms with E-state index in [4.69, 9.17) is 14.2 Å². The molecule has 1 aromatic carbocycles. The SMILES string of the molecule is CNC(=O)Oc1cc(C)cc(SCC(OC)OC)c1. The Morgan fingerprint density at radius 3 is 2.58 bits per heavy atom. The average Bonchev–Trinajstić information content (AvgIpc) is 2.39. The van der Waals surface area contributed by atoms with Crippen LogP contribution >= 0.6 is 11.8 Å². The molecule has 0 aromatic heterocycles. The molecule has 0 heterocycles.